The first-order valence-electron chi connectivity index (χ1n) is 4.32. The van der Waals surface area contributed by atoms with Crippen molar-refractivity contribution in [2.75, 3.05) is 0 Å². The molecule has 1 nitrogen and oxygen atoms in total. The van der Waals surface area contributed by atoms with Gasteiger partial charge in [0.25, 0.3) is 5.92 Å². The molecule has 76 valence electrons. The smallest absolute Gasteiger partial charge is 0.254 e. The highest BCUT2D eigenvalue weighted by Gasteiger charge is 2.60. The molecule has 0 aliphatic heterocycles. The molecule has 0 bridgehead atoms. The van der Waals surface area contributed by atoms with Crippen molar-refractivity contribution in [3.8, 4) is 0 Å². The summed E-state index contributed by atoms with van der Waals surface area (Å²) in [7, 11) is 0. The van der Waals surface area contributed by atoms with E-state index in [4.69, 9.17) is 0 Å². The third-order valence-electron chi connectivity index (χ3n) is 2.48. The molecule has 0 radical (unpaired) electrons. The lowest BCUT2D eigenvalue weighted by Crippen LogP contribution is -2.06. The number of alkyl halides is 2. The fourth-order valence-corrected chi connectivity index (χ4v) is 2.03. The van der Waals surface area contributed by atoms with Gasteiger partial charge in [0, 0.05) is 10.9 Å². The predicted octanol–water partition coefficient (Wildman–Crippen LogP) is 3.14. The zero-order valence-corrected chi connectivity index (χ0v) is 8.84. The summed E-state index contributed by atoms with van der Waals surface area (Å²) in [6.07, 6.45) is -1.28. The second kappa shape index (κ2) is 3.28. The van der Waals surface area contributed by atoms with Gasteiger partial charge in [-0.05, 0) is 11.6 Å². The Morgan fingerprint density at radius 1 is 1.43 bits per heavy atom. The summed E-state index contributed by atoms with van der Waals surface area (Å²) in [6.45, 7) is 0. The predicted molar refractivity (Wildman–Crippen MR) is 52.2 cm³/mol. The third kappa shape index (κ3) is 1.68. The van der Waals surface area contributed by atoms with Gasteiger partial charge in [-0.3, -0.25) is 0 Å². The first kappa shape index (κ1) is 10.1. The summed E-state index contributed by atoms with van der Waals surface area (Å²) >= 11 is 3.23. The Bertz CT molecular complexity index is 354. The van der Waals surface area contributed by atoms with Crippen molar-refractivity contribution < 1.29 is 13.9 Å². The molecule has 0 aromatic heterocycles. The van der Waals surface area contributed by atoms with E-state index in [0.717, 1.165) is 0 Å². The van der Waals surface area contributed by atoms with Crippen LogP contribution in [0.4, 0.5) is 8.78 Å². The Morgan fingerprint density at radius 3 is 2.50 bits per heavy atom. The minimum atomic E-state index is -2.69. The Hall–Kier alpha value is -0.480. The van der Waals surface area contributed by atoms with Gasteiger partial charge >= 0.3 is 0 Å². The van der Waals surface area contributed by atoms with Gasteiger partial charge in [-0.2, -0.15) is 0 Å². The molecule has 0 spiro atoms. The topological polar surface area (TPSA) is 20.2 Å². The van der Waals surface area contributed by atoms with E-state index in [1.165, 1.54) is 0 Å². The molecule has 0 unspecified atom stereocenters. The number of hydrogen-bond donors (Lipinski definition) is 1. The van der Waals surface area contributed by atoms with E-state index in [0.29, 0.717) is 10.0 Å². The minimum Gasteiger partial charge on any atom is -0.388 e. The van der Waals surface area contributed by atoms with Crippen LogP contribution in [0.1, 0.15) is 18.1 Å². The molecule has 14 heavy (non-hydrogen) atoms. The molecule has 2 atom stereocenters. The van der Waals surface area contributed by atoms with Gasteiger partial charge in [-0.25, -0.2) is 8.78 Å². The molecule has 1 fully saturated rings. The Kier molecular flexibility index (Phi) is 2.35. The number of hydrogen-bond acceptors (Lipinski definition) is 1. The minimum absolute atomic E-state index is 0.213. The van der Waals surface area contributed by atoms with Crippen LogP contribution in [0.5, 0.6) is 0 Å². The molecule has 0 amide bonds. The average molecular weight is 263 g/mol. The van der Waals surface area contributed by atoms with E-state index < -0.39 is 17.9 Å². The number of rotatable bonds is 2. The Labute approximate surface area is 88.9 Å². The number of aliphatic hydroxyl groups is 1. The fraction of sp³-hybridized carbons (Fsp3) is 0.400. The normalized spacial score (nSPS) is 25.9. The Balaban J connectivity index is 2.21. The molecular formula is C10H9BrF2O. The van der Waals surface area contributed by atoms with Gasteiger partial charge in [-0.15, -0.1) is 0 Å². The van der Waals surface area contributed by atoms with Crippen molar-refractivity contribution in [2.24, 2.45) is 5.92 Å². The van der Waals surface area contributed by atoms with E-state index in [9.17, 15) is 13.9 Å². The highest BCUT2D eigenvalue weighted by Crippen LogP contribution is 2.55. The van der Waals surface area contributed by atoms with Crippen molar-refractivity contribution in [3.63, 3.8) is 0 Å². The summed E-state index contributed by atoms with van der Waals surface area (Å²) < 4.78 is 26.1. The standard InChI is InChI=1S/C10H9BrF2O/c11-8-4-2-1-3-6(8)9(14)7-5-10(7,12)13/h1-4,7,9,14H,5H2/t7-,9+/m0/s1. The van der Waals surface area contributed by atoms with Crippen LogP contribution in [-0.2, 0) is 0 Å². The summed E-state index contributed by atoms with van der Waals surface area (Å²) in [4.78, 5) is 0. The summed E-state index contributed by atoms with van der Waals surface area (Å²) in [5, 5.41) is 9.67. The zero-order chi connectivity index (χ0) is 10.3. The van der Waals surface area contributed by atoms with Gasteiger partial charge < -0.3 is 5.11 Å². The van der Waals surface area contributed by atoms with Crippen molar-refractivity contribution >= 4 is 15.9 Å². The number of halogens is 3. The van der Waals surface area contributed by atoms with Crippen LogP contribution < -0.4 is 0 Å². The zero-order valence-electron chi connectivity index (χ0n) is 7.25. The highest BCUT2D eigenvalue weighted by molar-refractivity contribution is 9.10. The van der Waals surface area contributed by atoms with Gasteiger partial charge in [0.1, 0.15) is 0 Å². The first-order chi connectivity index (χ1) is 6.52. The monoisotopic (exact) mass is 262 g/mol. The highest BCUT2D eigenvalue weighted by atomic mass is 79.9. The average Bonchev–Trinajstić information content (AvgIpc) is 2.75. The largest absolute Gasteiger partial charge is 0.388 e. The molecule has 1 aromatic carbocycles. The van der Waals surface area contributed by atoms with Crippen LogP contribution in [0.25, 0.3) is 0 Å². The number of aliphatic hydroxyl groups excluding tert-OH is 1. The molecular weight excluding hydrogens is 254 g/mol. The second-order valence-electron chi connectivity index (χ2n) is 3.54. The lowest BCUT2D eigenvalue weighted by Gasteiger charge is -2.11. The maximum absolute atomic E-state index is 12.7. The van der Waals surface area contributed by atoms with Crippen LogP contribution >= 0.6 is 15.9 Å². The quantitative estimate of drug-likeness (QED) is 0.869. The summed E-state index contributed by atoms with van der Waals surface area (Å²) in [5.74, 6) is -3.60. The Morgan fingerprint density at radius 2 is 2.00 bits per heavy atom. The molecule has 1 aliphatic carbocycles. The van der Waals surface area contributed by atoms with E-state index in [1.54, 1.807) is 24.3 Å². The number of benzene rings is 1. The second-order valence-corrected chi connectivity index (χ2v) is 4.39. The lowest BCUT2D eigenvalue weighted by molar-refractivity contribution is 0.0475. The maximum atomic E-state index is 12.7. The van der Waals surface area contributed by atoms with Crippen molar-refractivity contribution in [2.45, 2.75) is 18.4 Å². The van der Waals surface area contributed by atoms with Gasteiger partial charge in [-0.1, -0.05) is 34.1 Å². The van der Waals surface area contributed by atoms with Gasteiger partial charge in [0.2, 0.25) is 0 Å². The molecule has 0 heterocycles. The molecule has 2 rings (SSSR count). The van der Waals surface area contributed by atoms with Crippen LogP contribution in [0.3, 0.4) is 0 Å². The SMILES string of the molecule is O[C@H](c1ccccc1Br)[C@@H]1CC1(F)F. The summed E-state index contributed by atoms with van der Waals surface area (Å²) in [5.41, 5.74) is 0.537. The van der Waals surface area contributed by atoms with Crippen LogP contribution in [-0.4, -0.2) is 11.0 Å². The van der Waals surface area contributed by atoms with Gasteiger partial charge in [0.05, 0.1) is 12.0 Å². The molecule has 4 heteroatoms. The third-order valence-corrected chi connectivity index (χ3v) is 3.20. The summed E-state index contributed by atoms with van der Waals surface area (Å²) in [6, 6.07) is 6.90. The maximum Gasteiger partial charge on any atom is 0.254 e. The van der Waals surface area contributed by atoms with Gasteiger partial charge in [0.15, 0.2) is 0 Å². The molecule has 1 N–H and O–H groups in total. The van der Waals surface area contributed by atoms with Crippen LogP contribution in [0, 0.1) is 5.92 Å². The van der Waals surface area contributed by atoms with E-state index in [2.05, 4.69) is 15.9 Å². The van der Waals surface area contributed by atoms with Crippen molar-refractivity contribution in [3.05, 3.63) is 34.3 Å². The lowest BCUT2D eigenvalue weighted by atomic mass is 10.1. The molecule has 0 saturated heterocycles. The van der Waals surface area contributed by atoms with E-state index in [-0.39, 0.29) is 6.42 Å². The fourth-order valence-electron chi connectivity index (χ4n) is 1.51. The first-order valence-corrected chi connectivity index (χ1v) is 5.12. The van der Waals surface area contributed by atoms with E-state index in [1.807, 2.05) is 0 Å². The van der Waals surface area contributed by atoms with Crippen LogP contribution in [0.15, 0.2) is 28.7 Å². The van der Waals surface area contributed by atoms with Crippen LogP contribution in [0.2, 0.25) is 0 Å². The molecule has 1 aliphatic rings. The van der Waals surface area contributed by atoms with Crippen molar-refractivity contribution in [1.29, 1.82) is 0 Å². The van der Waals surface area contributed by atoms with Crippen molar-refractivity contribution in [1.82, 2.24) is 0 Å². The molecule has 1 aromatic rings. The molecule has 1 saturated carbocycles. The van der Waals surface area contributed by atoms with E-state index >= 15 is 0 Å².